The Balaban J connectivity index is 1.92. The summed E-state index contributed by atoms with van der Waals surface area (Å²) in [5.41, 5.74) is 0.714. The number of esters is 1. The molecule has 24 heavy (non-hydrogen) atoms. The van der Waals surface area contributed by atoms with E-state index >= 15 is 0 Å². The van der Waals surface area contributed by atoms with Crippen LogP contribution in [0.1, 0.15) is 15.9 Å². The molecule has 0 bridgehead atoms. The van der Waals surface area contributed by atoms with Gasteiger partial charge in [-0.2, -0.15) is 0 Å². The van der Waals surface area contributed by atoms with E-state index in [9.17, 15) is 18.4 Å². The van der Waals surface area contributed by atoms with Crippen LogP contribution in [-0.2, 0) is 20.9 Å². The summed E-state index contributed by atoms with van der Waals surface area (Å²) >= 11 is 0. The molecule has 0 heterocycles. The van der Waals surface area contributed by atoms with Crippen molar-refractivity contribution in [3.63, 3.8) is 0 Å². The maximum atomic E-state index is 13.4. The lowest BCUT2D eigenvalue weighted by molar-refractivity contribution is -0.119. The van der Waals surface area contributed by atoms with Crippen LogP contribution in [0.3, 0.4) is 0 Å². The van der Waals surface area contributed by atoms with E-state index in [2.05, 4.69) is 5.32 Å². The second kappa shape index (κ2) is 8.16. The highest BCUT2D eigenvalue weighted by atomic mass is 19.1. The number of carbonyl (C=O) groups excluding carboxylic acids is 2. The van der Waals surface area contributed by atoms with Crippen molar-refractivity contribution in [2.45, 2.75) is 6.61 Å². The molecule has 1 N–H and O–H groups in total. The van der Waals surface area contributed by atoms with Crippen LogP contribution in [-0.4, -0.2) is 25.6 Å². The minimum atomic E-state index is -0.789. The number of methoxy groups -OCH3 is 1. The van der Waals surface area contributed by atoms with E-state index < -0.39 is 30.1 Å². The summed E-state index contributed by atoms with van der Waals surface area (Å²) in [6.07, 6.45) is 0. The van der Waals surface area contributed by atoms with Crippen molar-refractivity contribution in [3.05, 3.63) is 65.2 Å². The Labute approximate surface area is 137 Å². The molecule has 5 nitrogen and oxygen atoms in total. The molecule has 0 aliphatic heterocycles. The van der Waals surface area contributed by atoms with E-state index in [-0.39, 0.29) is 11.3 Å². The first-order chi connectivity index (χ1) is 11.5. The number of hydrogen-bond donors (Lipinski definition) is 1. The van der Waals surface area contributed by atoms with Gasteiger partial charge in [-0.1, -0.05) is 12.1 Å². The molecule has 0 unspecified atom stereocenters. The summed E-state index contributed by atoms with van der Waals surface area (Å²) < 4.78 is 36.3. The molecule has 7 heteroatoms. The normalized spacial score (nSPS) is 10.3. The zero-order valence-corrected chi connectivity index (χ0v) is 12.8. The standard InChI is InChI=1S/C17H15F2NO4/c1-23-9-11-3-2-4-12(7-11)17(22)24-10-16(21)20-15-8-13(18)5-6-14(15)19/h2-8H,9-10H2,1H3,(H,20,21). The van der Waals surface area contributed by atoms with E-state index in [0.29, 0.717) is 6.61 Å². The van der Waals surface area contributed by atoms with Gasteiger partial charge in [-0.15, -0.1) is 0 Å². The van der Waals surface area contributed by atoms with Crippen LogP contribution in [0.2, 0.25) is 0 Å². The predicted octanol–water partition coefficient (Wildman–Crippen LogP) is 2.91. The van der Waals surface area contributed by atoms with Gasteiger partial charge >= 0.3 is 5.97 Å². The topological polar surface area (TPSA) is 64.6 Å². The third kappa shape index (κ3) is 4.85. The minimum Gasteiger partial charge on any atom is -0.452 e. The zero-order valence-electron chi connectivity index (χ0n) is 12.8. The Kier molecular flexibility index (Phi) is 5.97. The number of rotatable bonds is 6. The summed E-state index contributed by atoms with van der Waals surface area (Å²) in [4.78, 5) is 23.6. The van der Waals surface area contributed by atoms with Gasteiger partial charge in [0.05, 0.1) is 17.9 Å². The van der Waals surface area contributed by atoms with Crippen molar-refractivity contribution < 1.29 is 27.8 Å². The maximum Gasteiger partial charge on any atom is 0.338 e. The molecule has 0 fully saturated rings. The summed E-state index contributed by atoms with van der Waals surface area (Å²) in [6.45, 7) is -0.288. The van der Waals surface area contributed by atoms with Crippen molar-refractivity contribution in [1.29, 1.82) is 0 Å². The monoisotopic (exact) mass is 335 g/mol. The second-order valence-electron chi connectivity index (χ2n) is 4.88. The SMILES string of the molecule is COCc1cccc(C(=O)OCC(=O)Nc2cc(F)ccc2F)c1. The van der Waals surface area contributed by atoms with Crippen LogP contribution in [0.15, 0.2) is 42.5 Å². The lowest BCUT2D eigenvalue weighted by Gasteiger charge is -2.08. The number of halogens is 2. The molecule has 0 saturated carbocycles. The fraction of sp³-hybridized carbons (Fsp3) is 0.176. The highest BCUT2D eigenvalue weighted by Crippen LogP contribution is 2.15. The quantitative estimate of drug-likeness (QED) is 0.825. The molecule has 1 amide bonds. The Morgan fingerprint density at radius 3 is 2.67 bits per heavy atom. The Morgan fingerprint density at radius 1 is 1.12 bits per heavy atom. The number of ether oxygens (including phenoxy) is 2. The van der Waals surface area contributed by atoms with Crippen LogP contribution in [0, 0.1) is 11.6 Å². The molecular weight excluding hydrogens is 320 g/mol. The van der Waals surface area contributed by atoms with Gasteiger partial charge in [-0.3, -0.25) is 4.79 Å². The molecule has 0 spiro atoms. The van der Waals surface area contributed by atoms with Crippen LogP contribution in [0.4, 0.5) is 14.5 Å². The molecule has 0 aliphatic rings. The highest BCUT2D eigenvalue weighted by Gasteiger charge is 2.13. The number of hydrogen-bond acceptors (Lipinski definition) is 4. The van der Waals surface area contributed by atoms with Gasteiger partial charge < -0.3 is 14.8 Å². The van der Waals surface area contributed by atoms with Gasteiger partial charge in [0.15, 0.2) is 6.61 Å². The first kappa shape index (κ1) is 17.6. The van der Waals surface area contributed by atoms with E-state index in [0.717, 1.165) is 23.8 Å². The van der Waals surface area contributed by atoms with E-state index in [1.807, 2.05) is 0 Å². The molecule has 0 aromatic heterocycles. The molecule has 126 valence electrons. The van der Waals surface area contributed by atoms with Gasteiger partial charge in [0.25, 0.3) is 5.91 Å². The molecule has 2 aromatic rings. The smallest absolute Gasteiger partial charge is 0.338 e. The third-order valence-electron chi connectivity index (χ3n) is 3.01. The van der Waals surface area contributed by atoms with Gasteiger partial charge in [-0.25, -0.2) is 13.6 Å². The van der Waals surface area contributed by atoms with Crippen molar-refractivity contribution >= 4 is 17.6 Å². The first-order valence-corrected chi connectivity index (χ1v) is 6.99. The Bertz CT molecular complexity index is 749. The molecule has 2 aromatic carbocycles. The van der Waals surface area contributed by atoms with Gasteiger partial charge in [0.1, 0.15) is 11.6 Å². The largest absolute Gasteiger partial charge is 0.452 e. The van der Waals surface area contributed by atoms with Gasteiger partial charge in [-0.05, 0) is 29.8 Å². The molecule has 2 rings (SSSR count). The molecular formula is C17H15F2NO4. The van der Waals surface area contributed by atoms with E-state index in [4.69, 9.17) is 9.47 Å². The molecule has 0 aliphatic carbocycles. The number of carbonyl (C=O) groups is 2. The number of benzene rings is 2. The fourth-order valence-corrected chi connectivity index (χ4v) is 1.95. The lowest BCUT2D eigenvalue weighted by Crippen LogP contribution is -2.21. The fourth-order valence-electron chi connectivity index (χ4n) is 1.95. The molecule has 0 atom stereocenters. The van der Waals surface area contributed by atoms with Crippen LogP contribution >= 0.6 is 0 Å². The van der Waals surface area contributed by atoms with Crippen molar-refractivity contribution in [3.8, 4) is 0 Å². The number of amides is 1. The van der Waals surface area contributed by atoms with Crippen LogP contribution in [0.5, 0.6) is 0 Å². The summed E-state index contributed by atoms with van der Waals surface area (Å²) in [6, 6.07) is 9.20. The van der Waals surface area contributed by atoms with Crippen molar-refractivity contribution in [2.75, 3.05) is 19.0 Å². The number of anilines is 1. The average Bonchev–Trinajstić information content (AvgIpc) is 2.56. The summed E-state index contributed by atoms with van der Waals surface area (Å²) in [5, 5.41) is 2.14. The predicted molar refractivity (Wildman–Crippen MR) is 82.4 cm³/mol. The molecule has 0 saturated heterocycles. The number of nitrogens with one attached hydrogen (secondary N) is 1. The van der Waals surface area contributed by atoms with E-state index in [1.165, 1.54) is 13.2 Å². The van der Waals surface area contributed by atoms with Gasteiger partial charge in [0, 0.05) is 13.2 Å². The second-order valence-corrected chi connectivity index (χ2v) is 4.88. The summed E-state index contributed by atoms with van der Waals surface area (Å²) in [7, 11) is 1.53. The van der Waals surface area contributed by atoms with E-state index in [1.54, 1.807) is 18.2 Å². The Morgan fingerprint density at radius 2 is 1.92 bits per heavy atom. The highest BCUT2D eigenvalue weighted by molar-refractivity contribution is 5.95. The van der Waals surface area contributed by atoms with Crippen LogP contribution in [0.25, 0.3) is 0 Å². The zero-order chi connectivity index (χ0) is 17.5. The van der Waals surface area contributed by atoms with Gasteiger partial charge in [0.2, 0.25) is 0 Å². The molecule has 0 radical (unpaired) electrons. The van der Waals surface area contributed by atoms with Crippen molar-refractivity contribution in [2.24, 2.45) is 0 Å². The third-order valence-corrected chi connectivity index (χ3v) is 3.01. The van der Waals surface area contributed by atoms with Crippen molar-refractivity contribution in [1.82, 2.24) is 0 Å². The lowest BCUT2D eigenvalue weighted by atomic mass is 10.1. The van der Waals surface area contributed by atoms with Crippen LogP contribution < -0.4 is 5.32 Å². The Hall–Kier alpha value is -2.80. The first-order valence-electron chi connectivity index (χ1n) is 6.99. The summed E-state index contributed by atoms with van der Waals surface area (Å²) in [5.74, 6) is -2.97. The minimum absolute atomic E-state index is 0.259. The maximum absolute atomic E-state index is 13.4. The average molecular weight is 335 g/mol.